The van der Waals surface area contributed by atoms with E-state index in [-0.39, 0.29) is 62.2 Å². The Morgan fingerprint density at radius 2 is 0.738 bits per heavy atom. The smallest absolute Gasteiger partial charge is 0.329 e. The molecule has 0 N–H and O–H groups in total. The van der Waals surface area contributed by atoms with Gasteiger partial charge in [0.2, 0.25) is 0 Å². The molecule has 0 bridgehead atoms. The summed E-state index contributed by atoms with van der Waals surface area (Å²) in [4.78, 5) is 121. The van der Waals surface area contributed by atoms with Crippen LogP contribution in [0.1, 0.15) is 112 Å². The summed E-state index contributed by atoms with van der Waals surface area (Å²) in [5, 5.41) is 4.73. The maximum atomic E-state index is 15.0. The summed E-state index contributed by atoms with van der Waals surface area (Å²) < 4.78 is 25.9. The number of amides is 4. The highest BCUT2D eigenvalue weighted by Crippen LogP contribution is 2.25. The number of hydrogen-bond donors (Lipinski definition) is 0. The van der Waals surface area contributed by atoms with Crippen molar-refractivity contribution in [2.75, 3.05) is 28.2 Å². The first-order valence-electron chi connectivity index (χ1n) is 27.8. The number of carbonyl (C=O) groups excluding carboxylic acids is 8. The minimum Gasteiger partial charge on any atom is -0.451 e. The fourth-order valence-corrected chi connectivity index (χ4v) is 9.70. The van der Waals surface area contributed by atoms with Crippen molar-refractivity contribution in [3.63, 3.8) is 0 Å². The van der Waals surface area contributed by atoms with Gasteiger partial charge in [-0.05, 0) is 86.0 Å². The Balaban J connectivity index is 1.57. The lowest BCUT2D eigenvalue weighted by molar-refractivity contribution is -0.176. The van der Waals surface area contributed by atoms with Crippen molar-refractivity contribution in [3.8, 4) is 11.3 Å². The molecule has 4 aromatic rings. The van der Waals surface area contributed by atoms with Gasteiger partial charge in [0.1, 0.15) is 24.2 Å². The molecule has 1 fully saturated rings. The number of hydrogen-bond acceptors (Lipinski definition) is 13. The third-order valence-corrected chi connectivity index (χ3v) is 14.2. The van der Waals surface area contributed by atoms with Gasteiger partial charge in [0.05, 0.1) is 12.2 Å². The van der Waals surface area contributed by atoms with Gasteiger partial charge < -0.3 is 38.5 Å². The van der Waals surface area contributed by atoms with Gasteiger partial charge in [-0.1, -0.05) is 140 Å². The van der Waals surface area contributed by atoms with E-state index in [9.17, 15) is 33.6 Å². The second-order valence-electron chi connectivity index (χ2n) is 22.9. The summed E-state index contributed by atoms with van der Waals surface area (Å²) in [6.07, 6.45) is -3.94. The first-order chi connectivity index (χ1) is 37.7. The molecule has 0 aliphatic carbocycles. The molecule has 4 amide bonds. The van der Waals surface area contributed by atoms with Crippen LogP contribution >= 0.6 is 0 Å². The van der Waals surface area contributed by atoms with Crippen molar-refractivity contribution in [1.29, 1.82) is 0 Å². The van der Waals surface area contributed by atoms with Gasteiger partial charge in [-0.25, -0.2) is 19.2 Å². The third-order valence-electron chi connectivity index (χ3n) is 14.2. The van der Waals surface area contributed by atoms with E-state index in [1.165, 1.54) is 42.0 Å². The predicted octanol–water partition coefficient (Wildman–Crippen LogP) is 7.58. The molecule has 5 rings (SSSR count). The zero-order chi connectivity index (χ0) is 59.1. The van der Waals surface area contributed by atoms with Gasteiger partial charge in [-0.2, -0.15) is 5.10 Å². The number of likely N-dealkylation sites (N-methyl/N-ethyl adjacent to an activating group) is 4. The van der Waals surface area contributed by atoms with Crippen LogP contribution in [0.4, 0.5) is 0 Å². The molecular formula is C62H84N6O12. The lowest BCUT2D eigenvalue weighted by Crippen LogP contribution is -2.55. The number of esters is 4. The van der Waals surface area contributed by atoms with E-state index < -0.39 is 96.1 Å². The molecule has 3 aromatic carbocycles. The summed E-state index contributed by atoms with van der Waals surface area (Å²) in [5.41, 5.74) is 3.96. The largest absolute Gasteiger partial charge is 0.451 e. The predicted molar refractivity (Wildman–Crippen MR) is 302 cm³/mol. The summed E-state index contributed by atoms with van der Waals surface area (Å²) in [6.45, 7) is 18.0. The van der Waals surface area contributed by atoms with Crippen molar-refractivity contribution in [1.82, 2.24) is 29.4 Å². The fourth-order valence-electron chi connectivity index (χ4n) is 9.70. The molecule has 1 aliphatic heterocycles. The molecule has 1 saturated heterocycles. The van der Waals surface area contributed by atoms with Crippen molar-refractivity contribution >= 4 is 47.5 Å². The van der Waals surface area contributed by atoms with Crippen LogP contribution < -0.4 is 0 Å². The second kappa shape index (κ2) is 29.2. The van der Waals surface area contributed by atoms with Crippen LogP contribution in [0.2, 0.25) is 0 Å². The van der Waals surface area contributed by atoms with Crippen LogP contribution in [-0.4, -0.2) is 154 Å². The lowest BCUT2D eigenvalue weighted by Gasteiger charge is -2.35. The first-order valence-corrected chi connectivity index (χ1v) is 27.8. The van der Waals surface area contributed by atoms with Gasteiger partial charge in [0, 0.05) is 52.8 Å². The fraction of sp³-hybridized carbons (Fsp3) is 0.532. The van der Waals surface area contributed by atoms with Gasteiger partial charge in [-0.3, -0.25) is 23.9 Å². The number of rotatable bonds is 15. The molecule has 1 aliphatic rings. The van der Waals surface area contributed by atoms with E-state index in [4.69, 9.17) is 24.0 Å². The maximum absolute atomic E-state index is 15.0. The number of cyclic esters (lactones) is 4. The number of benzene rings is 3. The minimum absolute atomic E-state index is 0.0853. The van der Waals surface area contributed by atoms with E-state index >= 15 is 4.79 Å². The highest BCUT2D eigenvalue weighted by molar-refractivity contribution is 5.94. The topological polar surface area (TPSA) is 204 Å². The number of nitrogens with zero attached hydrogens (tertiary/aromatic N) is 6. The van der Waals surface area contributed by atoms with Crippen LogP contribution in [0.5, 0.6) is 0 Å². The number of carbonyl (C=O) groups is 8. The maximum Gasteiger partial charge on any atom is 0.329 e. The summed E-state index contributed by atoms with van der Waals surface area (Å²) >= 11 is 0. The minimum atomic E-state index is -1.54. The third kappa shape index (κ3) is 17.6. The average molecular weight is 1110 g/mol. The molecule has 2 heterocycles. The zero-order valence-electron chi connectivity index (χ0n) is 49.2. The normalized spacial score (nSPS) is 23.2. The second-order valence-corrected chi connectivity index (χ2v) is 22.9. The van der Waals surface area contributed by atoms with E-state index in [0.29, 0.717) is 17.7 Å². The van der Waals surface area contributed by atoms with Crippen LogP contribution in [0.15, 0.2) is 97.2 Å². The summed E-state index contributed by atoms with van der Waals surface area (Å²) in [7, 11) is 5.58. The molecule has 18 heteroatoms. The van der Waals surface area contributed by atoms with E-state index in [0.717, 1.165) is 36.4 Å². The summed E-state index contributed by atoms with van der Waals surface area (Å²) in [5.74, 6) is -7.33. The Hall–Kier alpha value is -7.37. The van der Waals surface area contributed by atoms with Gasteiger partial charge in [0.15, 0.2) is 24.4 Å². The number of aromatic nitrogens is 2. The molecule has 0 unspecified atom stereocenters. The Kier molecular flexibility index (Phi) is 23.2. The summed E-state index contributed by atoms with van der Waals surface area (Å²) in [6, 6.07) is 22.9. The Morgan fingerprint density at radius 3 is 1.11 bits per heavy atom. The SMILES string of the molecule is CC(C)C[C@H]1C(=O)O[C@H](Cc2ccc(Cn3ccc(-c4ccccc4)n3)cc2)C(=O)N(C)[C@@H](CC(C)C)C(=O)O[C@H](C)C(=O)N(C)[C@@H](CC(C)C)C(=O)O[C@H](Cc2ccccc2)C(=O)N(C)[C@@H](CC(C)C)C(=O)O[C@H](C)C(=O)N1C. The molecule has 1 aromatic heterocycles. The molecule has 0 spiro atoms. The van der Waals surface area contributed by atoms with Crippen LogP contribution in [0.3, 0.4) is 0 Å². The Bertz CT molecular complexity index is 2710. The highest BCUT2D eigenvalue weighted by atomic mass is 16.6. The van der Waals surface area contributed by atoms with Crippen molar-refractivity contribution < 1.29 is 57.3 Å². The first kappa shape index (κ1) is 63.5. The molecular weight excluding hydrogens is 1020 g/mol. The monoisotopic (exact) mass is 1100 g/mol. The van der Waals surface area contributed by atoms with Crippen molar-refractivity contribution in [2.24, 2.45) is 23.7 Å². The number of ether oxygens (including phenoxy) is 4. The molecule has 434 valence electrons. The van der Waals surface area contributed by atoms with Gasteiger partial charge in [-0.15, -0.1) is 0 Å². The van der Waals surface area contributed by atoms with E-state index in [1.54, 1.807) is 30.3 Å². The standard InChI is InChI=1S/C62H84N6O12/c1-38(2)31-49-59(73)77-43(10)56(70)65(12)52(34-41(7)8)62(76)80-54(36-45-25-27-46(28-26-45)37-68-30-29-48(63-68)47-23-19-16-20-24-47)58(72)67(14)50(32-39(3)4)60(74)78-42(9)55(69)64(11)51(33-40(5)6)61(75)79-53(57(71)66(49)13)35-44-21-17-15-18-22-44/h15-30,38-43,49-54H,31-37H2,1-14H3/t42-,43-,49+,50+,51+,52+,53-,54-/m1/s1. The molecule has 0 radical (unpaired) electrons. The lowest BCUT2D eigenvalue weighted by atomic mass is 9.99. The van der Waals surface area contributed by atoms with E-state index in [2.05, 4.69) is 0 Å². The van der Waals surface area contributed by atoms with Gasteiger partial charge in [0.25, 0.3) is 23.6 Å². The van der Waals surface area contributed by atoms with E-state index in [1.807, 2.05) is 127 Å². The Morgan fingerprint density at radius 1 is 0.412 bits per heavy atom. The van der Waals surface area contributed by atoms with Crippen molar-refractivity contribution in [3.05, 3.63) is 114 Å². The Labute approximate surface area is 472 Å². The molecule has 8 atom stereocenters. The average Bonchev–Trinajstić information content (AvgIpc) is 3.89. The molecule has 80 heavy (non-hydrogen) atoms. The van der Waals surface area contributed by atoms with Crippen LogP contribution in [-0.2, 0) is 76.7 Å². The zero-order valence-corrected chi connectivity index (χ0v) is 49.2. The van der Waals surface area contributed by atoms with Crippen molar-refractivity contribution in [2.45, 2.75) is 163 Å². The molecule has 0 saturated carbocycles. The molecule has 18 nitrogen and oxygen atoms in total. The van der Waals surface area contributed by atoms with Crippen LogP contribution in [0, 0.1) is 23.7 Å². The highest BCUT2D eigenvalue weighted by Gasteiger charge is 2.43. The quantitative estimate of drug-likeness (QED) is 0.0833. The van der Waals surface area contributed by atoms with Crippen LogP contribution in [0.25, 0.3) is 11.3 Å². The van der Waals surface area contributed by atoms with Gasteiger partial charge >= 0.3 is 23.9 Å².